The maximum atomic E-state index is 12.7. The summed E-state index contributed by atoms with van der Waals surface area (Å²) in [6.07, 6.45) is 1.74. The summed E-state index contributed by atoms with van der Waals surface area (Å²) < 4.78 is 0.258. The molecule has 1 aliphatic heterocycles. The van der Waals surface area contributed by atoms with Gasteiger partial charge in [-0.25, -0.2) is 4.79 Å². The molecule has 116 valence electrons. The van der Waals surface area contributed by atoms with Crippen molar-refractivity contribution in [1.82, 2.24) is 4.90 Å². The molecule has 23 heavy (non-hydrogen) atoms. The number of hydrogen-bond donors (Lipinski definition) is 1. The number of thioether (sulfide) groups is 1. The molecule has 1 aromatic heterocycles. The average molecular weight is 361 g/mol. The van der Waals surface area contributed by atoms with E-state index in [0.717, 1.165) is 16.6 Å². The lowest BCUT2D eigenvalue weighted by atomic mass is 10.1. The number of amides is 1. The van der Waals surface area contributed by atoms with Crippen LogP contribution in [-0.4, -0.2) is 26.2 Å². The van der Waals surface area contributed by atoms with Crippen molar-refractivity contribution < 1.29 is 14.7 Å². The highest BCUT2D eigenvalue weighted by Gasteiger charge is 2.41. The van der Waals surface area contributed by atoms with E-state index in [1.807, 2.05) is 17.5 Å². The quantitative estimate of drug-likeness (QED) is 0.663. The molecular formula is C16H11NO3S3. The second kappa shape index (κ2) is 6.66. The molecule has 1 atom stereocenters. The number of carboxylic acids is 1. The van der Waals surface area contributed by atoms with Gasteiger partial charge in [-0.05, 0) is 23.1 Å². The molecule has 1 aliphatic rings. The van der Waals surface area contributed by atoms with Crippen LogP contribution in [0.2, 0.25) is 0 Å². The summed E-state index contributed by atoms with van der Waals surface area (Å²) in [6, 6.07) is 11.3. The van der Waals surface area contributed by atoms with Crippen molar-refractivity contribution in [2.75, 3.05) is 0 Å². The zero-order valence-corrected chi connectivity index (χ0v) is 14.2. The molecule has 0 unspecified atom stereocenters. The van der Waals surface area contributed by atoms with E-state index in [4.69, 9.17) is 12.2 Å². The molecule has 4 nitrogen and oxygen atoms in total. The van der Waals surface area contributed by atoms with Crippen molar-refractivity contribution in [3.05, 3.63) is 63.2 Å². The monoisotopic (exact) mass is 361 g/mol. The molecule has 0 spiro atoms. The van der Waals surface area contributed by atoms with E-state index < -0.39 is 12.0 Å². The number of hydrogen-bond acceptors (Lipinski definition) is 5. The average Bonchev–Trinajstić information content (AvgIpc) is 3.12. The molecule has 1 amide bonds. The van der Waals surface area contributed by atoms with Crippen molar-refractivity contribution in [1.29, 1.82) is 0 Å². The van der Waals surface area contributed by atoms with Crippen molar-refractivity contribution in [2.45, 2.75) is 6.04 Å². The van der Waals surface area contributed by atoms with Crippen LogP contribution in [-0.2, 0) is 9.59 Å². The van der Waals surface area contributed by atoms with Gasteiger partial charge < -0.3 is 5.11 Å². The van der Waals surface area contributed by atoms with E-state index in [-0.39, 0.29) is 10.2 Å². The second-order valence-electron chi connectivity index (χ2n) is 4.72. The highest BCUT2D eigenvalue weighted by Crippen LogP contribution is 2.38. The molecule has 2 aromatic rings. The Morgan fingerprint density at radius 1 is 1.22 bits per heavy atom. The Hall–Kier alpha value is -1.96. The summed E-state index contributed by atoms with van der Waals surface area (Å²) in [5.74, 6) is -1.48. The number of carbonyl (C=O) groups excluding carboxylic acids is 1. The Bertz CT molecular complexity index is 784. The summed E-state index contributed by atoms with van der Waals surface area (Å²) in [5.41, 5.74) is 0.522. The van der Waals surface area contributed by atoms with Crippen LogP contribution in [0.15, 0.2) is 52.7 Å². The molecule has 1 saturated heterocycles. The summed E-state index contributed by atoms with van der Waals surface area (Å²) in [6.45, 7) is 0. The van der Waals surface area contributed by atoms with E-state index in [0.29, 0.717) is 10.5 Å². The molecule has 2 heterocycles. The van der Waals surface area contributed by atoms with Gasteiger partial charge in [0.15, 0.2) is 6.04 Å². The number of thiocarbonyl (C=S) groups is 1. The number of carboxylic acid groups (broad SMARTS) is 1. The lowest BCUT2D eigenvalue weighted by Gasteiger charge is -2.23. The fourth-order valence-electron chi connectivity index (χ4n) is 2.24. The predicted molar refractivity (Wildman–Crippen MR) is 96.1 cm³/mol. The minimum absolute atomic E-state index is 0.258. The van der Waals surface area contributed by atoms with Gasteiger partial charge in [-0.1, -0.05) is 60.4 Å². The van der Waals surface area contributed by atoms with Gasteiger partial charge in [0, 0.05) is 4.88 Å². The fraction of sp³-hybridized carbons (Fsp3) is 0.0625. The molecule has 0 bridgehead atoms. The Morgan fingerprint density at radius 2 is 1.96 bits per heavy atom. The third kappa shape index (κ3) is 3.21. The topological polar surface area (TPSA) is 57.6 Å². The van der Waals surface area contributed by atoms with Crippen molar-refractivity contribution in [3.8, 4) is 0 Å². The standard InChI is InChI=1S/C16H11NO3S3/c18-14-12(9-11-7-4-8-22-11)23-16(21)17(14)13(15(19)20)10-5-2-1-3-6-10/h1-9,13H,(H,19,20)/t13-/m1/s1. The highest BCUT2D eigenvalue weighted by molar-refractivity contribution is 8.26. The molecular weight excluding hydrogens is 350 g/mol. The number of nitrogens with zero attached hydrogens (tertiary/aromatic N) is 1. The van der Waals surface area contributed by atoms with Gasteiger partial charge in [0.2, 0.25) is 0 Å². The van der Waals surface area contributed by atoms with Gasteiger partial charge >= 0.3 is 5.97 Å². The largest absolute Gasteiger partial charge is 0.479 e. The maximum absolute atomic E-state index is 12.7. The number of benzene rings is 1. The minimum Gasteiger partial charge on any atom is -0.479 e. The van der Waals surface area contributed by atoms with Crippen LogP contribution in [0.3, 0.4) is 0 Å². The smallest absolute Gasteiger partial charge is 0.331 e. The first kappa shape index (κ1) is 15.9. The summed E-state index contributed by atoms with van der Waals surface area (Å²) in [4.78, 5) is 26.9. The molecule has 0 saturated carbocycles. The lowest BCUT2D eigenvalue weighted by Crippen LogP contribution is -2.37. The van der Waals surface area contributed by atoms with E-state index in [1.165, 1.54) is 16.2 Å². The first-order chi connectivity index (χ1) is 11.1. The van der Waals surface area contributed by atoms with Gasteiger partial charge in [-0.3, -0.25) is 9.69 Å². The Kier molecular flexibility index (Phi) is 4.61. The van der Waals surface area contributed by atoms with Crippen LogP contribution < -0.4 is 0 Å². The van der Waals surface area contributed by atoms with Crippen LogP contribution in [0.5, 0.6) is 0 Å². The first-order valence-corrected chi connectivity index (χ1v) is 8.76. The predicted octanol–water partition coefficient (Wildman–Crippen LogP) is 3.78. The zero-order chi connectivity index (χ0) is 16.4. The molecule has 3 rings (SSSR count). The van der Waals surface area contributed by atoms with Gasteiger partial charge in [-0.15, -0.1) is 11.3 Å². The number of carbonyl (C=O) groups is 2. The van der Waals surface area contributed by atoms with E-state index >= 15 is 0 Å². The zero-order valence-electron chi connectivity index (χ0n) is 11.7. The van der Waals surface area contributed by atoms with Crippen LogP contribution in [0, 0.1) is 0 Å². The van der Waals surface area contributed by atoms with Crippen molar-refractivity contribution in [3.63, 3.8) is 0 Å². The molecule has 1 N–H and O–H groups in total. The van der Waals surface area contributed by atoms with Crippen molar-refractivity contribution >= 4 is 57.6 Å². The fourth-order valence-corrected chi connectivity index (χ4v) is 4.28. The molecule has 1 fully saturated rings. The second-order valence-corrected chi connectivity index (χ2v) is 7.37. The van der Waals surface area contributed by atoms with Gasteiger partial charge in [-0.2, -0.15) is 0 Å². The molecule has 0 radical (unpaired) electrons. The third-order valence-corrected chi connectivity index (χ3v) is 5.40. The van der Waals surface area contributed by atoms with Crippen LogP contribution >= 0.6 is 35.3 Å². The molecule has 0 aliphatic carbocycles. The van der Waals surface area contributed by atoms with Crippen LogP contribution in [0.1, 0.15) is 16.5 Å². The third-order valence-electron chi connectivity index (χ3n) is 3.25. The number of aliphatic carboxylic acids is 1. The van der Waals surface area contributed by atoms with Gasteiger partial charge in [0.1, 0.15) is 4.32 Å². The summed E-state index contributed by atoms with van der Waals surface area (Å²) in [7, 11) is 0. The van der Waals surface area contributed by atoms with Gasteiger partial charge in [0.25, 0.3) is 5.91 Å². The minimum atomic E-state index is -1.11. The normalized spacial score (nSPS) is 17.7. The molecule has 1 aromatic carbocycles. The number of rotatable bonds is 4. The van der Waals surface area contributed by atoms with E-state index in [1.54, 1.807) is 36.4 Å². The maximum Gasteiger partial charge on any atom is 0.331 e. The van der Waals surface area contributed by atoms with E-state index in [2.05, 4.69) is 0 Å². The lowest BCUT2D eigenvalue weighted by molar-refractivity contribution is -0.145. The SMILES string of the molecule is O=C(O)[C@@H](c1ccccc1)N1C(=O)C(=Cc2cccs2)SC1=S. The summed E-state index contributed by atoms with van der Waals surface area (Å²) >= 11 is 7.89. The summed E-state index contributed by atoms with van der Waals surface area (Å²) in [5, 5.41) is 11.5. The van der Waals surface area contributed by atoms with E-state index in [9.17, 15) is 14.7 Å². The first-order valence-electron chi connectivity index (χ1n) is 6.66. The van der Waals surface area contributed by atoms with Crippen LogP contribution in [0.4, 0.5) is 0 Å². The Balaban J connectivity index is 1.97. The van der Waals surface area contributed by atoms with Crippen molar-refractivity contribution in [2.24, 2.45) is 0 Å². The van der Waals surface area contributed by atoms with Crippen LogP contribution in [0.25, 0.3) is 6.08 Å². The Morgan fingerprint density at radius 3 is 2.57 bits per heavy atom. The van der Waals surface area contributed by atoms with Gasteiger partial charge in [0.05, 0.1) is 4.91 Å². The molecule has 7 heteroatoms. The Labute approximate surface area is 146 Å². The highest BCUT2D eigenvalue weighted by atomic mass is 32.2. The number of thiophene rings is 1.